The van der Waals surface area contributed by atoms with E-state index < -0.39 is 9.04 Å². The first-order chi connectivity index (χ1) is 12.7. The molecular formula is C21H21NO3Si. The summed E-state index contributed by atoms with van der Waals surface area (Å²) in [5.41, 5.74) is 2.60. The number of carbonyl (C=O) groups is 2. The highest BCUT2D eigenvalue weighted by Gasteiger charge is 2.34. The first-order valence-electron chi connectivity index (χ1n) is 8.87. The zero-order valence-corrected chi connectivity index (χ0v) is 16.1. The maximum absolute atomic E-state index is 12.4. The van der Waals surface area contributed by atoms with Crippen LogP contribution in [0.25, 0.3) is 0 Å². The number of imide groups is 1. The van der Waals surface area contributed by atoms with E-state index in [2.05, 4.69) is 24.1 Å². The van der Waals surface area contributed by atoms with Gasteiger partial charge in [0.1, 0.15) is 0 Å². The summed E-state index contributed by atoms with van der Waals surface area (Å²) in [5.74, 6) is 5.69. The monoisotopic (exact) mass is 363 g/mol. The first-order valence-corrected chi connectivity index (χ1v) is 10.7. The molecule has 5 heteroatoms. The highest BCUT2D eigenvalue weighted by atomic mass is 28.3. The molecule has 132 valence electrons. The molecule has 1 heterocycles. The predicted molar refractivity (Wildman–Crippen MR) is 104 cm³/mol. The third-order valence-corrected chi connectivity index (χ3v) is 7.38. The summed E-state index contributed by atoms with van der Waals surface area (Å²) in [6.07, 6.45) is 0.960. The van der Waals surface area contributed by atoms with Crippen LogP contribution in [-0.2, 0) is 4.43 Å². The number of fused-ring (bicyclic) bond motifs is 1. The third-order valence-electron chi connectivity index (χ3n) is 4.30. The zero-order chi connectivity index (χ0) is 18.5. The van der Waals surface area contributed by atoms with Crippen LogP contribution in [0.4, 0.5) is 0 Å². The minimum atomic E-state index is -1.88. The number of benzene rings is 2. The molecule has 26 heavy (non-hydrogen) atoms. The molecule has 0 spiro atoms. The van der Waals surface area contributed by atoms with E-state index in [1.54, 1.807) is 6.07 Å². The fourth-order valence-corrected chi connectivity index (χ4v) is 5.84. The Morgan fingerprint density at radius 2 is 1.77 bits per heavy atom. The van der Waals surface area contributed by atoms with Crippen LogP contribution in [0.5, 0.6) is 0 Å². The van der Waals surface area contributed by atoms with Gasteiger partial charge in [-0.15, -0.1) is 0 Å². The van der Waals surface area contributed by atoms with Crippen molar-refractivity contribution >= 4 is 26.0 Å². The number of rotatable bonds is 5. The summed E-state index contributed by atoms with van der Waals surface area (Å²) in [5, 5.41) is 3.26. The van der Waals surface area contributed by atoms with E-state index in [-0.39, 0.29) is 11.8 Å². The Hall–Kier alpha value is -2.68. The van der Waals surface area contributed by atoms with Crippen molar-refractivity contribution < 1.29 is 14.0 Å². The van der Waals surface area contributed by atoms with E-state index in [0.29, 0.717) is 17.7 Å². The first kappa shape index (κ1) is 18.1. The second-order valence-electron chi connectivity index (χ2n) is 6.08. The fraction of sp³-hybridized carbons (Fsp3) is 0.238. The van der Waals surface area contributed by atoms with E-state index in [9.17, 15) is 9.59 Å². The second-order valence-corrected chi connectivity index (χ2v) is 8.55. The van der Waals surface area contributed by atoms with Crippen molar-refractivity contribution in [3.05, 3.63) is 64.7 Å². The van der Waals surface area contributed by atoms with Crippen LogP contribution in [0.2, 0.25) is 6.04 Å². The van der Waals surface area contributed by atoms with Gasteiger partial charge in [0.15, 0.2) is 0 Å². The zero-order valence-electron chi connectivity index (χ0n) is 15.0. The van der Waals surface area contributed by atoms with Crippen molar-refractivity contribution in [1.29, 1.82) is 0 Å². The molecule has 0 aliphatic carbocycles. The van der Waals surface area contributed by atoms with Crippen LogP contribution >= 0.6 is 0 Å². The lowest BCUT2D eigenvalue weighted by molar-refractivity contribution is 0.0880. The molecule has 0 radical (unpaired) electrons. The van der Waals surface area contributed by atoms with E-state index >= 15 is 0 Å². The lowest BCUT2D eigenvalue weighted by atomic mass is 10.1. The van der Waals surface area contributed by atoms with Gasteiger partial charge in [-0.2, -0.15) is 0 Å². The minimum absolute atomic E-state index is 0.336. The van der Waals surface area contributed by atoms with Gasteiger partial charge in [0, 0.05) is 17.7 Å². The Labute approximate surface area is 155 Å². The molecule has 2 aromatic rings. The minimum Gasteiger partial charge on any atom is -0.416 e. The standard InChI is InChI=1S/C21H21NO3Si/c1-3-14-26(25-4-2)19-16(11-10-15-8-6-5-7-9-15)12-13-17-18(19)21(24)22-20(17)23/h5-9,12-13,26H,3-4,14H2,1-2H3,(H,22,23,24). The van der Waals surface area contributed by atoms with Crippen molar-refractivity contribution in [3.63, 3.8) is 0 Å². The maximum Gasteiger partial charge on any atom is 0.258 e. The van der Waals surface area contributed by atoms with Gasteiger partial charge in [-0.3, -0.25) is 14.9 Å². The average Bonchev–Trinajstić information content (AvgIpc) is 2.94. The van der Waals surface area contributed by atoms with Crippen LogP contribution in [0, 0.1) is 11.8 Å². The normalized spacial score (nSPS) is 13.6. The average molecular weight is 363 g/mol. The second kappa shape index (κ2) is 8.13. The Morgan fingerprint density at radius 1 is 1.00 bits per heavy atom. The fourth-order valence-electron chi connectivity index (χ4n) is 3.17. The van der Waals surface area contributed by atoms with Crippen LogP contribution in [0.15, 0.2) is 42.5 Å². The predicted octanol–water partition coefficient (Wildman–Crippen LogP) is 2.35. The summed E-state index contributed by atoms with van der Waals surface area (Å²) in [4.78, 5) is 24.5. The van der Waals surface area contributed by atoms with Crippen LogP contribution in [-0.4, -0.2) is 27.5 Å². The van der Waals surface area contributed by atoms with Gasteiger partial charge < -0.3 is 4.43 Å². The van der Waals surface area contributed by atoms with Crippen LogP contribution < -0.4 is 10.5 Å². The Bertz CT molecular complexity index is 891. The topological polar surface area (TPSA) is 55.4 Å². The molecule has 0 saturated heterocycles. The van der Waals surface area contributed by atoms with Gasteiger partial charge in [-0.1, -0.05) is 43.4 Å². The van der Waals surface area contributed by atoms with Gasteiger partial charge in [-0.25, -0.2) is 0 Å². The summed E-state index contributed by atoms with van der Waals surface area (Å²) in [6.45, 7) is 4.64. The molecule has 0 bridgehead atoms. The van der Waals surface area contributed by atoms with E-state index in [1.807, 2.05) is 43.3 Å². The smallest absolute Gasteiger partial charge is 0.258 e. The van der Waals surface area contributed by atoms with Gasteiger partial charge in [-0.05, 0) is 42.4 Å². The highest BCUT2D eigenvalue weighted by Crippen LogP contribution is 2.18. The van der Waals surface area contributed by atoms with E-state index in [4.69, 9.17) is 4.43 Å². The van der Waals surface area contributed by atoms with E-state index in [1.165, 1.54) is 0 Å². The van der Waals surface area contributed by atoms with Crippen molar-refractivity contribution in [2.24, 2.45) is 0 Å². The molecule has 0 aromatic heterocycles. The molecule has 2 amide bonds. The number of hydrogen-bond donors (Lipinski definition) is 1. The molecular weight excluding hydrogens is 342 g/mol. The lowest BCUT2D eigenvalue weighted by Gasteiger charge is -2.19. The SMILES string of the molecule is CCC[SiH](OCC)c1c(C#Cc2ccccc2)ccc2c1C(=O)NC2=O. The lowest BCUT2D eigenvalue weighted by Crippen LogP contribution is -2.40. The molecule has 0 saturated carbocycles. The van der Waals surface area contributed by atoms with Crippen molar-refractivity contribution in [2.45, 2.75) is 26.3 Å². The van der Waals surface area contributed by atoms with Crippen LogP contribution in [0.1, 0.15) is 52.1 Å². The van der Waals surface area contributed by atoms with Gasteiger partial charge in [0.05, 0.1) is 11.1 Å². The highest BCUT2D eigenvalue weighted by molar-refractivity contribution is 6.70. The summed E-state index contributed by atoms with van der Waals surface area (Å²) in [7, 11) is -1.88. The Kier molecular flexibility index (Phi) is 5.67. The molecule has 1 unspecified atom stereocenters. The Balaban J connectivity index is 2.15. The summed E-state index contributed by atoms with van der Waals surface area (Å²) >= 11 is 0. The third kappa shape index (κ3) is 3.62. The quantitative estimate of drug-likeness (QED) is 0.504. The number of nitrogens with one attached hydrogen (secondary N) is 1. The van der Waals surface area contributed by atoms with Crippen molar-refractivity contribution in [3.8, 4) is 11.8 Å². The molecule has 1 N–H and O–H groups in total. The van der Waals surface area contributed by atoms with E-state index in [0.717, 1.165) is 28.8 Å². The summed E-state index contributed by atoms with van der Waals surface area (Å²) < 4.78 is 6.05. The van der Waals surface area contributed by atoms with Gasteiger partial charge in [0.2, 0.25) is 9.04 Å². The Morgan fingerprint density at radius 3 is 2.46 bits per heavy atom. The summed E-state index contributed by atoms with van der Waals surface area (Å²) in [6, 6.07) is 14.1. The van der Waals surface area contributed by atoms with Crippen molar-refractivity contribution in [2.75, 3.05) is 6.61 Å². The maximum atomic E-state index is 12.4. The molecule has 1 aliphatic heterocycles. The molecule has 1 atom stereocenters. The molecule has 2 aromatic carbocycles. The molecule has 1 aliphatic rings. The molecule has 4 nitrogen and oxygen atoms in total. The largest absolute Gasteiger partial charge is 0.416 e. The van der Waals surface area contributed by atoms with Gasteiger partial charge >= 0.3 is 0 Å². The number of amides is 2. The van der Waals surface area contributed by atoms with Gasteiger partial charge in [0.25, 0.3) is 11.8 Å². The van der Waals surface area contributed by atoms with Crippen molar-refractivity contribution in [1.82, 2.24) is 5.32 Å². The number of hydrogen-bond acceptors (Lipinski definition) is 3. The number of carbonyl (C=O) groups excluding carboxylic acids is 2. The molecule has 3 rings (SSSR count). The molecule has 0 fully saturated rings. The van der Waals surface area contributed by atoms with Crippen LogP contribution in [0.3, 0.4) is 0 Å².